The summed E-state index contributed by atoms with van der Waals surface area (Å²) in [5.74, 6) is -2.31. The molecule has 0 unspecified atom stereocenters. The number of nitrogens with two attached hydrogens (primary N) is 1. The third-order valence-electron chi connectivity index (χ3n) is 3.93. The third kappa shape index (κ3) is 3.69. The molecule has 118 valence electrons. The van der Waals surface area contributed by atoms with Crippen molar-refractivity contribution >= 4 is 17.9 Å². The molecule has 2 amide bonds. The van der Waals surface area contributed by atoms with Gasteiger partial charge in [0.25, 0.3) is 0 Å². The van der Waals surface area contributed by atoms with Gasteiger partial charge in [0.15, 0.2) is 0 Å². The second-order valence-corrected chi connectivity index (χ2v) is 5.52. The number of carbonyl (C=O) groups is 2. The minimum Gasteiger partial charge on any atom is -0.369 e. The minimum atomic E-state index is -0.604. The van der Waals surface area contributed by atoms with Crippen LogP contribution < -0.4 is 5.73 Å². The average molecular weight is 308 g/mol. The number of halogens is 2. The topological polar surface area (TPSA) is 63.4 Å². The van der Waals surface area contributed by atoms with Crippen molar-refractivity contribution in [3.63, 3.8) is 0 Å². The molecule has 2 rings (SSSR count). The standard InChI is InChI=1S/C16H18F2N2O2/c1-10-2-3-12(16(19)22)9-20(10)15(21)7-4-11-8-13(17)5-6-14(11)18/h4-8,10,12H,2-3,9H2,1H3,(H2,19,22)/b7-4+/t10-,12-/m1/s1. The molecule has 4 nitrogen and oxygen atoms in total. The van der Waals surface area contributed by atoms with E-state index < -0.39 is 17.5 Å². The van der Waals surface area contributed by atoms with E-state index in [1.165, 1.54) is 17.1 Å². The van der Waals surface area contributed by atoms with Gasteiger partial charge in [0.2, 0.25) is 11.8 Å². The molecule has 0 spiro atoms. The predicted octanol–water partition coefficient (Wildman–Crippen LogP) is 2.09. The molecule has 1 fully saturated rings. The van der Waals surface area contributed by atoms with Gasteiger partial charge in [-0.3, -0.25) is 9.59 Å². The SMILES string of the molecule is C[C@@H]1CC[C@@H](C(N)=O)CN1C(=O)/C=C/c1cc(F)ccc1F. The number of hydrogen-bond donors (Lipinski definition) is 1. The molecule has 1 heterocycles. The van der Waals surface area contributed by atoms with E-state index in [4.69, 9.17) is 5.73 Å². The summed E-state index contributed by atoms with van der Waals surface area (Å²) < 4.78 is 26.6. The summed E-state index contributed by atoms with van der Waals surface area (Å²) in [5.41, 5.74) is 5.29. The molecule has 1 aliphatic rings. The molecule has 2 atom stereocenters. The van der Waals surface area contributed by atoms with Gasteiger partial charge in [-0.05, 0) is 44.0 Å². The molecular formula is C16H18F2N2O2. The number of likely N-dealkylation sites (tertiary alicyclic amines) is 1. The zero-order valence-electron chi connectivity index (χ0n) is 12.3. The van der Waals surface area contributed by atoms with Gasteiger partial charge in [0.1, 0.15) is 11.6 Å². The first-order chi connectivity index (χ1) is 10.4. The highest BCUT2D eigenvalue weighted by Crippen LogP contribution is 2.22. The molecule has 22 heavy (non-hydrogen) atoms. The summed E-state index contributed by atoms with van der Waals surface area (Å²) in [6.07, 6.45) is 3.77. The number of amides is 2. The monoisotopic (exact) mass is 308 g/mol. The van der Waals surface area contributed by atoms with Crippen molar-refractivity contribution in [3.05, 3.63) is 41.5 Å². The van der Waals surface area contributed by atoms with E-state index in [0.29, 0.717) is 12.8 Å². The molecular weight excluding hydrogens is 290 g/mol. The van der Waals surface area contributed by atoms with Crippen molar-refractivity contribution in [1.82, 2.24) is 4.90 Å². The van der Waals surface area contributed by atoms with Crippen molar-refractivity contribution in [2.45, 2.75) is 25.8 Å². The van der Waals surface area contributed by atoms with E-state index in [9.17, 15) is 18.4 Å². The lowest BCUT2D eigenvalue weighted by atomic mass is 9.93. The number of nitrogens with zero attached hydrogens (tertiary/aromatic N) is 1. The van der Waals surface area contributed by atoms with Crippen molar-refractivity contribution in [2.75, 3.05) is 6.54 Å². The zero-order valence-corrected chi connectivity index (χ0v) is 12.3. The van der Waals surface area contributed by atoms with Crippen molar-refractivity contribution in [3.8, 4) is 0 Å². The number of rotatable bonds is 3. The minimum absolute atomic E-state index is 0.00413. The highest BCUT2D eigenvalue weighted by atomic mass is 19.1. The van der Waals surface area contributed by atoms with E-state index in [2.05, 4.69) is 0 Å². The molecule has 1 saturated heterocycles. The highest BCUT2D eigenvalue weighted by Gasteiger charge is 2.30. The van der Waals surface area contributed by atoms with Gasteiger partial charge in [-0.1, -0.05) is 0 Å². The molecule has 0 aliphatic carbocycles. The second-order valence-electron chi connectivity index (χ2n) is 5.52. The van der Waals surface area contributed by atoms with Crippen molar-refractivity contribution < 1.29 is 18.4 Å². The Kier molecular flexibility index (Phi) is 4.90. The van der Waals surface area contributed by atoms with Gasteiger partial charge >= 0.3 is 0 Å². The molecule has 0 saturated carbocycles. The van der Waals surface area contributed by atoms with Crippen molar-refractivity contribution in [1.29, 1.82) is 0 Å². The highest BCUT2D eigenvalue weighted by molar-refractivity contribution is 5.92. The van der Waals surface area contributed by atoms with Gasteiger partial charge in [0.05, 0.1) is 5.92 Å². The molecule has 1 aromatic rings. The largest absolute Gasteiger partial charge is 0.369 e. The molecule has 0 radical (unpaired) electrons. The van der Waals surface area contributed by atoms with E-state index >= 15 is 0 Å². The van der Waals surface area contributed by atoms with Crippen LogP contribution in [0.2, 0.25) is 0 Å². The predicted molar refractivity (Wildman–Crippen MR) is 78.5 cm³/mol. The lowest BCUT2D eigenvalue weighted by Crippen LogP contribution is -2.48. The van der Waals surface area contributed by atoms with Gasteiger partial charge in [-0.25, -0.2) is 8.78 Å². The first-order valence-electron chi connectivity index (χ1n) is 7.11. The molecule has 1 aromatic carbocycles. The van der Waals surface area contributed by atoms with Gasteiger partial charge in [-0.15, -0.1) is 0 Å². The molecule has 6 heteroatoms. The van der Waals surface area contributed by atoms with Gasteiger partial charge in [-0.2, -0.15) is 0 Å². The number of primary amides is 1. The number of piperidine rings is 1. The van der Waals surface area contributed by atoms with E-state index in [1.54, 1.807) is 0 Å². The summed E-state index contributed by atoms with van der Waals surface area (Å²) in [7, 11) is 0. The van der Waals surface area contributed by atoms with Crippen LogP contribution in [0.3, 0.4) is 0 Å². The Labute approximate surface area is 127 Å². The van der Waals surface area contributed by atoms with Crippen LogP contribution in [0.1, 0.15) is 25.3 Å². The van der Waals surface area contributed by atoms with Crippen LogP contribution in [-0.2, 0) is 9.59 Å². The Balaban J connectivity index is 2.11. The quantitative estimate of drug-likeness (QED) is 0.869. The average Bonchev–Trinajstić information content (AvgIpc) is 2.48. The first-order valence-corrected chi connectivity index (χ1v) is 7.11. The maximum Gasteiger partial charge on any atom is 0.246 e. The zero-order chi connectivity index (χ0) is 16.3. The van der Waals surface area contributed by atoms with E-state index in [1.807, 2.05) is 6.92 Å². The van der Waals surface area contributed by atoms with Crippen LogP contribution in [0.15, 0.2) is 24.3 Å². The summed E-state index contributed by atoms with van der Waals surface area (Å²) in [5, 5.41) is 0. The summed E-state index contributed by atoms with van der Waals surface area (Å²) >= 11 is 0. The van der Waals surface area contributed by atoms with Crippen LogP contribution in [0.5, 0.6) is 0 Å². The Morgan fingerprint density at radius 2 is 2.05 bits per heavy atom. The fraction of sp³-hybridized carbons (Fsp3) is 0.375. The Morgan fingerprint density at radius 1 is 1.32 bits per heavy atom. The lowest BCUT2D eigenvalue weighted by Gasteiger charge is -2.36. The van der Waals surface area contributed by atoms with Crippen LogP contribution in [-0.4, -0.2) is 29.3 Å². The van der Waals surface area contributed by atoms with E-state index in [-0.39, 0.29) is 30.0 Å². The molecule has 0 aromatic heterocycles. The Morgan fingerprint density at radius 3 is 2.73 bits per heavy atom. The normalized spacial score (nSPS) is 22.0. The number of hydrogen-bond acceptors (Lipinski definition) is 2. The smallest absolute Gasteiger partial charge is 0.246 e. The molecule has 0 bridgehead atoms. The maximum absolute atomic E-state index is 13.5. The Bertz CT molecular complexity index is 616. The molecule has 1 aliphatic heterocycles. The van der Waals surface area contributed by atoms with Gasteiger partial charge < -0.3 is 10.6 Å². The maximum atomic E-state index is 13.5. The van der Waals surface area contributed by atoms with Crippen LogP contribution >= 0.6 is 0 Å². The summed E-state index contributed by atoms with van der Waals surface area (Å²) in [6, 6.07) is 3.01. The van der Waals surface area contributed by atoms with Crippen LogP contribution in [0, 0.1) is 17.6 Å². The third-order valence-corrected chi connectivity index (χ3v) is 3.93. The van der Waals surface area contributed by atoms with Crippen LogP contribution in [0.25, 0.3) is 6.08 Å². The summed E-state index contributed by atoms with van der Waals surface area (Å²) in [4.78, 5) is 25.0. The number of benzene rings is 1. The fourth-order valence-corrected chi connectivity index (χ4v) is 2.55. The van der Waals surface area contributed by atoms with Crippen LogP contribution in [0.4, 0.5) is 8.78 Å². The van der Waals surface area contributed by atoms with Crippen molar-refractivity contribution in [2.24, 2.45) is 11.7 Å². The number of carbonyl (C=O) groups excluding carboxylic acids is 2. The second kappa shape index (κ2) is 6.68. The molecule has 2 N–H and O–H groups in total. The lowest BCUT2D eigenvalue weighted by molar-refractivity contribution is -0.133. The first kappa shape index (κ1) is 16.1. The fourth-order valence-electron chi connectivity index (χ4n) is 2.55. The van der Waals surface area contributed by atoms with Gasteiger partial charge in [0, 0.05) is 24.2 Å². The summed E-state index contributed by atoms with van der Waals surface area (Å²) in [6.45, 7) is 2.14. The van der Waals surface area contributed by atoms with E-state index in [0.717, 1.165) is 18.2 Å². The Hall–Kier alpha value is -2.24.